The van der Waals surface area contributed by atoms with Gasteiger partial charge in [0.1, 0.15) is 5.82 Å². The first-order chi connectivity index (χ1) is 17.1. The predicted molar refractivity (Wildman–Crippen MR) is 134 cm³/mol. The summed E-state index contributed by atoms with van der Waals surface area (Å²) in [6.07, 6.45) is 0. The summed E-state index contributed by atoms with van der Waals surface area (Å²) in [4.78, 5) is 14.5. The molecule has 0 bridgehead atoms. The summed E-state index contributed by atoms with van der Waals surface area (Å²) in [5.41, 5.74) is 4.63. The van der Waals surface area contributed by atoms with Gasteiger partial charge in [-0.2, -0.15) is 0 Å². The third kappa shape index (κ3) is 5.28. The summed E-state index contributed by atoms with van der Waals surface area (Å²) in [6, 6.07) is 22.1. The molecule has 8 heteroatoms. The lowest BCUT2D eigenvalue weighted by atomic mass is 10.1. The Bertz CT molecular complexity index is 1300. The van der Waals surface area contributed by atoms with Crippen LogP contribution in [0.3, 0.4) is 0 Å². The zero-order valence-corrected chi connectivity index (χ0v) is 20.2. The van der Waals surface area contributed by atoms with E-state index >= 15 is 0 Å². The largest absolute Gasteiger partial charge is 0.378 e. The number of rotatable bonds is 6. The number of aryl methyl sites for hydroxylation is 1. The Morgan fingerprint density at radius 1 is 0.943 bits per heavy atom. The van der Waals surface area contributed by atoms with Crippen LogP contribution < -0.4 is 0 Å². The number of carbonyl (C=O) groups excluding carboxylic acids is 1. The van der Waals surface area contributed by atoms with Crippen LogP contribution in [0, 0.1) is 12.7 Å². The Morgan fingerprint density at radius 3 is 2.31 bits per heavy atom. The molecule has 6 nitrogen and oxygen atoms in total. The number of hydrogen-bond donors (Lipinski definition) is 0. The lowest BCUT2D eigenvalue weighted by Crippen LogP contribution is -2.40. The lowest BCUT2D eigenvalue weighted by molar-refractivity contribution is 0.0303. The van der Waals surface area contributed by atoms with Crippen molar-refractivity contribution in [3.63, 3.8) is 0 Å². The van der Waals surface area contributed by atoms with E-state index < -0.39 is 0 Å². The van der Waals surface area contributed by atoms with Crippen molar-refractivity contribution in [1.29, 1.82) is 0 Å². The molecule has 3 aromatic carbocycles. The fraction of sp³-hybridized carbons (Fsp3) is 0.222. The number of thioether (sulfide) groups is 1. The minimum atomic E-state index is -0.292. The minimum Gasteiger partial charge on any atom is -0.378 e. The molecule has 1 aliphatic heterocycles. The number of carbonyl (C=O) groups is 1. The van der Waals surface area contributed by atoms with Crippen LogP contribution in [0.5, 0.6) is 0 Å². The highest BCUT2D eigenvalue weighted by Gasteiger charge is 2.19. The summed E-state index contributed by atoms with van der Waals surface area (Å²) in [5, 5.41) is 9.61. The molecule has 0 radical (unpaired) electrons. The van der Waals surface area contributed by atoms with E-state index in [0.717, 1.165) is 22.4 Å². The summed E-state index contributed by atoms with van der Waals surface area (Å²) in [7, 11) is 0. The van der Waals surface area contributed by atoms with Crippen molar-refractivity contribution in [1.82, 2.24) is 19.7 Å². The summed E-state index contributed by atoms with van der Waals surface area (Å²) in [6.45, 7) is 4.45. The maximum absolute atomic E-state index is 13.6. The Hall–Kier alpha value is -3.49. The van der Waals surface area contributed by atoms with Crippen LogP contribution in [-0.4, -0.2) is 51.9 Å². The number of halogens is 1. The van der Waals surface area contributed by atoms with Crippen molar-refractivity contribution in [3.8, 4) is 17.1 Å². The lowest BCUT2D eigenvalue weighted by Gasteiger charge is -2.26. The molecule has 1 amide bonds. The molecule has 0 N–H and O–H groups in total. The van der Waals surface area contributed by atoms with Crippen molar-refractivity contribution >= 4 is 17.7 Å². The van der Waals surface area contributed by atoms with Gasteiger partial charge in [0.25, 0.3) is 5.91 Å². The number of benzene rings is 3. The first kappa shape index (κ1) is 23.3. The molecule has 1 aliphatic rings. The van der Waals surface area contributed by atoms with Gasteiger partial charge in [-0.15, -0.1) is 10.2 Å². The zero-order chi connectivity index (χ0) is 24.2. The number of amides is 1. The van der Waals surface area contributed by atoms with Gasteiger partial charge in [0.2, 0.25) is 0 Å². The van der Waals surface area contributed by atoms with Crippen molar-refractivity contribution in [2.75, 3.05) is 26.3 Å². The highest BCUT2D eigenvalue weighted by atomic mass is 32.2. The Kier molecular flexibility index (Phi) is 6.92. The molecule has 0 unspecified atom stereocenters. The number of hydrogen-bond acceptors (Lipinski definition) is 5. The van der Waals surface area contributed by atoms with Crippen LogP contribution in [0.4, 0.5) is 4.39 Å². The molecule has 2 heterocycles. The third-order valence-corrected chi connectivity index (χ3v) is 6.90. The fourth-order valence-corrected chi connectivity index (χ4v) is 4.82. The van der Waals surface area contributed by atoms with Gasteiger partial charge in [-0.05, 0) is 48.9 Å². The average Bonchev–Trinajstić information content (AvgIpc) is 3.32. The Balaban J connectivity index is 1.36. The minimum absolute atomic E-state index is 0.0336. The topological polar surface area (TPSA) is 60.3 Å². The molecule has 4 aromatic rings. The van der Waals surface area contributed by atoms with Crippen LogP contribution in [0.2, 0.25) is 0 Å². The van der Waals surface area contributed by atoms with Crippen LogP contribution in [-0.2, 0) is 10.5 Å². The summed E-state index contributed by atoms with van der Waals surface area (Å²) in [5.74, 6) is 1.09. The molecule has 0 spiro atoms. The van der Waals surface area contributed by atoms with Crippen molar-refractivity contribution in [3.05, 3.63) is 95.3 Å². The monoisotopic (exact) mass is 488 g/mol. The molecule has 5 rings (SSSR count). The second kappa shape index (κ2) is 10.4. The molecular formula is C27H25FN4O2S. The second-order valence-corrected chi connectivity index (χ2v) is 9.32. The van der Waals surface area contributed by atoms with Crippen LogP contribution in [0.15, 0.2) is 78.0 Å². The summed E-state index contributed by atoms with van der Waals surface area (Å²) < 4.78 is 20.9. The maximum atomic E-state index is 13.6. The molecule has 1 fully saturated rings. The maximum Gasteiger partial charge on any atom is 0.254 e. The van der Waals surface area contributed by atoms with E-state index in [1.54, 1.807) is 23.9 Å². The van der Waals surface area contributed by atoms with Crippen molar-refractivity contribution < 1.29 is 13.9 Å². The van der Waals surface area contributed by atoms with Gasteiger partial charge >= 0.3 is 0 Å². The average molecular weight is 489 g/mol. The second-order valence-electron chi connectivity index (χ2n) is 8.37. The van der Waals surface area contributed by atoms with Crippen LogP contribution >= 0.6 is 11.8 Å². The highest BCUT2D eigenvalue weighted by molar-refractivity contribution is 7.98. The van der Waals surface area contributed by atoms with Crippen molar-refractivity contribution in [2.24, 2.45) is 0 Å². The molecule has 0 aliphatic carbocycles. The van der Waals surface area contributed by atoms with Gasteiger partial charge < -0.3 is 9.64 Å². The predicted octanol–water partition coefficient (Wildman–Crippen LogP) is 5.15. The van der Waals surface area contributed by atoms with Gasteiger partial charge in [0.05, 0.1) is 13.2 Å². The van der Waals surface area contributed by atoms with Gasteiger partial charge in [-0.1, -0.05) is 53.7 Å². The SMILES string of the molecule is Cc1ccc(-c2nnc(SCc3ccc(C(=O)N4CCOCC4)cc3)n2-c2ccc(F)cc2)cc1. The third-order valence-electron chi connectivity index (χ3n) is 5.90. The van der Waals surface area contributed by atoms with Crippen LogP contribution in [0.1, 0.15) is 21.5 Å². The van der Waals surface area contributed by atoms with Gasteiger partial charge in [0, 0.05) is 35.7 Å². The molecule has 0 saturated carbocycles. The van der Waals surface area contributed by atoms with Gasteiger partial charge in [-0.25, -0.2) is 4.39 Å². The molecular weight excluding hydrogens is 463 g/mol. The summed E-state index contributed by atoms with van der Waals surface area (Å²) >= 11 is 1.54. The zero-order valence-electron chi connectivity index (χ0n) is 19.4. The van der Waals surface area contributed by atoms with E-state index in [9.17, 15) is 9.18 Å². The molecule has 0 atom stereocenters. The first-order valence-electron chi connectivity index (χ1n) is 11.5. The fourth-order valence-electron chi connectivity index (χ4n) is 3.92. The Morgan fingerprint density at radius 2 is 1.63 bits per heavy atom. The number of morpholine rings is 1. The highest BCUT2D eigenvalue weighted by Crippen LogP contribution is 2.30. The Labute approximate surface area is 207 Å². The van der Waals surface area contributed by atoms with Crippen molar-refractivity contribution in [2.45, 2.75) is 17.8 Å². The standard InChI is InChI=1S/C27H25FN4O2S/c1-19-2-6-21(7-3-19)25-29-30-27(32(25)24-12-10-23(28)11-13-24)35-18-20-4-8-22(9-5-20)26(33)31-14-16-34-17-15-31/h2-13H,14-18H2,1H3. The van der Waals surface area contributed by atoms with Crippen LogP contribution in [0.25, 0.3) is 17.1 Å². The number of ether oxygens (including phenoxy) is 1. The molecule has 1 saturated heterocycles. The van der Waals surface area contributed by atoms with E-state index in [-0.39, 0.29) is 11.7 Å². The number of nitrogens with zero attached hydrogens (tertiary/aromatic N) is 4. The quantitative estimate of drug-likeness (QED) is 0.352. The van der Waals surface area contributed by atoms with E-state index in [0.29, 0.717) is 48.6 Å². The molecule has 35 heavy (non-hydrogen) atoms. The van der Waals surface area contributed by atoms with E-state index in [4.69, 9.17) is 4.74 Å². The smallest absolute Gasteiger partial charge is 0.254 e. The normalized spacial score (nSPS) is 13.7. The van der Waals surface area contributed by atoms with Gasteiger partial charge in [-0.3, -0.25) is 9.36 Å². The number of aromatic nitrogens is 3. The molecule has 178 valence electrons. The van der Waals surface area contributed by atoms with E-state index in [1.807, 2.05) is 64.9 Å². The molecule has 1 aromatic heterocycles. The van der Waals surface area contributed by atoms with Gasteiger partial charge in [0.15, 0.2) is 11.0 Å². The first-order valence-corrected chi connectivity index (χ1v) is 12.4. The van der Waals surface area contributed by atoms with E-state index in [2.05, 4.69) is 10.2 Å². The van der Waals surface area contributed by atoms with E-state index in [1.165, 1.54) is 12.1 Å².